The number of fused-ring (bicyclic) bond motifs is 4. The zero-order chi connectivity index (χ0) is 19.7. The molecule has 0 bridgehead atoms. The zero-order valence-electron chi connectivity index (χ0n) is 15.0. The summed E-state index contributed by atoms with van der Waals surface area (Å²) in [5.74, 6) is 0. The second kappa shape index (κ2) is 7.31. The van der Waals surface area contributed by atoms with E-state index in [1.807, 2.05) is 12.1 Å². The molecule has 0 fully saturated rings. The van der Waals surface area contributed by atoms with E-state index in [0.29, 0.717) is 5.69 Å². The van der Waals surface area contributed by atoms with E-state index in [0.717, 1.165) is 47.8 Å². The highest BCUT2D eigenvalue weighted by Crippen LogP contribution is 2.45. The smallest absolute Gasteiger partial charge is 0.390 e. The number of aliphatic hydroxyl groups is 1. The van der Waals surface area contributed by atoms with E-state index in [2.05, 4.69) is 26.0 Å². The predicted molar refractivity (Wildman–Crippen MR) is 102 cm³/mol. The Morgan fingerprint density at radius 1 is 1.29 bits per heavy atom. The highest BCUT2D eigenvalue weighted by atomic mass is 19.4. The third-order valence-electron chi connectivity index (χ3n) is 5.10. The number of hydrazone groups is 1. The average molecular weight is 391 g/mol. The minimum Gasteiger partial charge on any atom is -0.390 e. The molecule has 2 aliphatic rings. The van der Waals surface area contributed by atoms with Gasteiger partial charge in [-0.3, -0.25) is 10.5 Å². The van der Waals surface area contributed by atoms with Gasteiger partial charge in [0.25, 0.3) is 0 Å². The third kappa shape index (κ3) is 3.49. The van der Waals surface area contributed by atoms with Crippen LogP contribution in [0.3, 0.4) is 0 Å². The molecule has 6 nitrogen and oxygen atoms in total. The van der Waals surface area contributed by atoms with Gasteiger partial charge in [0, 0.05) is 22.8 Å². The molecule has 0 spiro atoms. The molecular formula is C19H20F3N5O. The lowest BCUT2D eigenvalue weighted by atomic mass is 9.79. The summed E-state index contributed by atoms with van der Waals surface area (Å²) < 4.78 is 36.4. The maximum absolute atomic E-state index is 12.1. The van der Waals surface area contributed by atoms with E-state index in [4.69, 9.17) is 0 Å². The maximum Gasteiger partial charge on any atom is 0.428 e. The van der Waals surface area contributed by atoms with Crippen molar-refractivity contribution < 1.29 is 18.3 Å². The molecule has 1 aliphatic heterocycles. The van der Waals surface area contributed by atoms with Gasteiger partial charge in [0.05, 0.1) is 23.9 Å². The topological polar surface area (TPSA) is 85.3 Å². The van der Waals surface area contributed by atoms with Crippen LogP contribution in [0.5, 0.6) is 0 Å². The lowest BCUT2D eigenvalue weighted by Crippen LogP contribution is -2.27. The molecule has 4 N–H and O–H groups in total. The fourth-order valence-corrected chi connectivity index (χ4v) is 3.99. The second-order valence-electron chi connectivity index (χ2n) is 6.86. The van der Waals surface area contributed by atoms with Crippen molar-refractivity contribution >= 4 is 28.4 Å². The Bertz CT molecular complexity index is 974. The number of rotatable bonds is 4. The van der Waals surface area contributed by atoms with Gasteiger partial charge < -0.3 is 10.4 Å². The molecule has 1 atom stereocenters. The molecule has 0 saturated heterocycles. The number of halogens is 3. The summed E-state index contributed by atoms with van der Waals surface area (Å²) in [6, 6.07) is 3.71. The summed E-state index contributed by atoms with van der Waals surface area (Å²) >= 11 is 0. The number of nitrogens with one attached hydrogen (secondary N) is 3. The summed E-state index contributed by atoms with van der Waals surface area (Å²) in [6.07, 6.45) is 2.64. The number of allylic oxidation sites excluding steroid dienone is 1. The number of aromatic amines is 1. The van der Waals surface area contributed by atoms with Crippen LogP contribution >= 0.6 is 0 Å². The first-order valence-corrected chi connectivity index (χ1v) is 9.10. The van der Waals surface area contributed by atoms with E-state index in [1.54, 1.807) is 6.08 Å². The number of alkyl halides is 3. The Morgan fingerprint density at radius 2 is 2.11 bits per heavy atom. The molecule has 4 rings (SSSR count). The largest absolute Gasteiger partial charge is 0.428 e. The Morgan fingerprint density at radius 3 is 2.89 bits per heavy atom. The van der Waals surface area contributed by atoms with Crippen LogP contribution in [0.15, 0.2) is 35.1 Å². The van der Waals surface area contributed by atoms with Crippen molar-refractivity contribution in [3.63, 3.8) is 0 Å². The number of anilines is 1. The number of hydrogen-bond acceptors (Lipinski definition) is 5. The molecule has 28 heavy (non-hydrogen) atoms. The summed E-state index contributed by atoms with van der Waals surface area (Å²) in [4.78, 5) is 0. The van der Waals surface area contributed by atoms with E-state index in [1.165, 1.54) is 17.3 Å². The Kier molecular flexibility index (Phi) is 4.84. The Balaban J connectivity index is 1.69. The fourth-order valence-electron chi connectivity index (χ4n) is 3.99. The van der Waals surface area contributed by atoms with Crippen molar-refractivity contribution in [2.24, 2.45) is 5.10 Å². The molecule has 1 aromatic carbocycles. The number of nitrogens with zero attached hydrogens (tertiary/aromatic N) is 2. The molecule has 1 unspecified atom stereocenters. The van der Waals surface area contributed by atoms with Crippen LogP contribution in [0.25, 0.3) is 16.5 Å². The van der Waals surface area contributed by atoms with Gasteiger partial charge in [0.2, 0.25) is 0 Å². The van der Waals surface area contributed by atoms with E-state index < -0.39 is 6.18 Å². The third-order valence-corrected chi connectivity index (χ3v) is 5.10. The Labute approximate surface area is 159 Å². The van der Waals surface area contributed by atoms with Gasteiger partial charge in [-0.2, -0.15) is 23.4 Å². The average Bonchev–Trinajstić information content (AvgIpc) is 3.10. The lowest BCUT2D eigenvalue weighted by Gasteiger charge is -2.34. The van der Waals surface area contributed by atoms with Gasteiger partial charge in [0.1, 0.15) is 6.21 Å². The van der Waals surface area contributed by atoms with E-state index in [9.17, 15) is 18.3 Å². The van der Waals surface area contributed by atoms with Crippen molar-refractivity contribution in [3.8, 4) is 0 Å². The quantitative estimate of drug-likeness (QED) is 0.471. The van der Waals surface area contributed by atoms with Crippen molar-refractivity contribution in [2.45, 2.75) is 44.5 Å². The van der Waals surface area contributed by atoms with Crippen LogP contribution in [-0.2, 0) is 6.61 Å². The summed E-state index contributed by atoms with van der Waals surface area (Å²) in [7, 11) is 0. The highest BCUT2D eigenvalue weighted by molar-refractivity contribution is 6.01. The van der Waals surface area contributed by atoms with Gasteiger partial charge in [-0.1, -0.05) is 0 Å². The van der Waals surface area contributed by atoms with Gasteiger partial charge >= 0.3 is 6.18 Å². The first-order chi connectivity index (χ1) is 13.5. The minimum atomic E-state index is -4.44. The summed E-state index contributed by atoms with van der Waals surface area (Å²) in [6.45, 7) is -0.125. The standard InChI is InChI=1S/C19H20F3N5O/c20-19(21,22)10-24-23-8-7-13-11-3-1-2-4-12(11)17-14(25-13)5-6-15-18(17)16(9-28)27-26-15/h5-8,10,13,23,25,28H,1-4,9H2,(H,26,27)/b8-7+,24-10+. The van der Waals surface area contributed by atoms with Crippen LogP contribution in [0, 0.1) is 0 Å². The van der Waals surface area contributed by atoms with Crippen molar-refractivity contribution in [1.29, 1.82) is 0 Å². The van der Waals surface area contributed by atoms with Crippen LogP contribution in [-0.4, -0.2) is 33.7 Å². The molecule has 0 radical (unpaired) electrons. The zero-order valence-corrected chi connectivity index (χ0v) is 15.0. The van der Waals surface area contributed by atoms with Gasteiger partial charge in [-0.15, -0.1) is 0 Å². The van der Waals surface area contributed by atoms with Gasteiger partial charge in [-0.05, 0) is 55.0 Å². The Hall–Kier alpha value is -2.81. The molecule has 2 heterocycles. The van der Waals surface area contributed by atoms with Crippen molar-refractivity contribution in [1.82, 2.24) is 15.6 Å². The first-order valence-electron chi connectivity index (χ1n) is 9.10. The summed E-state index contributed by atoms with van der Waals surface area (Å²) in [5, 5.41) is 24.4. The van der Waals surface area contributed by atoms with Gasteiger partial charge in [-0.25, -0.2) is 0 Å². The number of aliphatic hydroxyl groups excluding tert-OH is 1. The summed E-state index contributed by atoms with van der Waals surface area (Å²) in [5.41, 5.74) is 8.24. The molecule has 2 aromatic rings. The fraction of sp³-hybridized carbons (Fsp3) is 0.368. The highest BCUT2D eigenvalue weighted by Gasteiger charge is 2.29. The molecular weight excluding hydrogens is 371 g/mol. The number of benzene rings is 1. The molecule has 0 saturated carbocycles. The molecule has 148 valence electrons. The lowest BCUT2D eigenvalue weighted by molar-refractivity contribution is -0.0538. The van der Waals surface area contributed by atoms with Gasteiger partial charge in [0.15, 0.2) is 0 Å². The van der Waals surface area contributed by atoms with Crippen LogP contribution < -0.4 is 10.7 Å². The number of hydrogen-bond donors (Lipinski definition) is 4. The monoisotopic (exact) mass is 391 g/mol. The van der Waals surface area contributed by atoms with Crippen molar-refractivity contribution in [3.05, 3.63) is 41.2 Å². The van der Waals surface area contributed by atoms with Crippen LogP contribution in [0.2, 0.25) is 0 Å². The number of H-pyrrole nitrogens is 1. The van der Waals surface area contributed by atoms with Crippen molar-refractivity contribution in [2.75, 3.05) is 5.32 Å². The van der Waals surface area contributed by atoms with Crippen LogP contribution in [0.1, 0.15) is 36.9 Å². The first kappa shape index (κ1) is 18.5. The SMILES string of the molecule is OCc1[nH]nc2ccc3c(c12)C1=C(CCCC1)C(/C=C/N/N=C/C(F)(F)F)N3. The minimum absolute atomic E-state index is 0.0850. The molecule has 1 aliphatic carbocycles. The molecule has 1 aromatic heterocycles. The van der Waals surface area contributed by atoms with Crippen LogP contribution in [0.4, 0.5) is 18.9 Å². The van der Waals surface area contributed by atoms with E-state index in [-0.39, 0.29) is 18.9 Å². The normalized spacial score (nSPS) is 19.9. The van der Waals surface area contributed by atoms with E-state index >= 15 is 0 Å². The number of aromatic nitrogens is 2. The molecule has 9 heteroatoms. The maximum atomic E-state index is 12.1. The molecule has 0 amide bonds. The predicted octanol–water partition coefficient (Wildman–Crippen LogP) is 3.83. The second-order valence-corrected chi connectivity index (χ2v) is 6.86.